The summed E-state index contributed by atoms with van der Waals surface area (Å²) in [5.74, 6) is -0.264. The highest BCUT2D eigenvalue weighted by atomic mass is 32.2. The van der Waals surface area contributed by atoms with Gasteiger partial charge in [0.25, 0.3) is 0 Å². The molecule has 27 heavy (non-hydrogen) atoms. The van der Waals surface area contributed by atoms with Crippen LogP contribution < -0.4 is 0 Å². The average molecular weight is 385 g/mol. The van der Waals surface area contributed by atoms with Gasteiger partial charge in [-0.05, 0) is 59.8 Å². The van der Waals surface area contributed by atoms with Crippen molar-refractivity contribution in [3.8, 4) is 0 Å². The molecule has 142 valence electrons. The van der Waals surface area contributed by atoms with Crippen molar-refractivity contribution >= 4 is 23.9 Å². The van der Waals surface area contributed by atoms with E-state index in [-0.39, 0.29) is 11.7 Å². The minimum atomic E-state index is -0.271. The van der Waals surface area contributed by atoms with Crippen molar-refractivity contribution in [1.82, 2.24) is 9.21 Å². The molecule has 5 heteroatoms. The number of piperazine rings is 1. The van der Waals surface area contributed by atoms with Gasteiger partial charge >= 0.3 is 0 Å². The lowest BCUT2D eigenvalue weighted by Gasteiger charge is -2.33. The molecule has 1 aliphatic rings. The standard InChI is InChI=1S/C22H25FN2OS/c1-2-3-18-6-11-21(12-7-18)27-25-16-14-24(15-17-25)22(26)13-8-19-4-9-20(23)10-5-19/h4-13H,2-3,14-17H2,1H3/b13-8+. The number of hydrogen-bond acceptors (Lipinski definition) is 3. The zero-order valence-corrected chi connectivity index (χ0v) is 16.4. The number of benzene rings is 2. The number of amides is 1. The van der Waals surface area contributed by atoms with Crippen molar-refractivity contribution in [2.45, 2.75) is 24.7 Å². The predicted octanol–water partition coefficient (Wildman–Crippen LogP) is 4.64. The zero-order chi connectivity index (χ0) is 19.1. The molecular weight excluding hydrogens is 359 g/mol. The molecule has 0 radical (unpaired) electrons. The molecule has 0 spiro atoms. The van der Waals surface area contributed by atoms with Crippen LogP contribution in [0.25, 0.3) is 6.08 Å². The van der Waals surface area contributed by atoms with Gasteiger partial charge in [0.2, 0.25) is 5.91 Å². The van der Waals surface area contributed by atoms with E-state index in [0.717, 1.165) is 31.5 Å². The van der Waals surface area contributed by atoms with Gasteiger partial charge in [0.15, 0.2) is 0 Å². The fourth-order valence-electron chi connectivity index (χ4n) is 3.00. The van der Waals surface area contributed by atoms with Gasteiger partial charge in [0.05, 0.1) is 0 Å². The fourth-order valence-corrected chi connectivity index (χ4v) is 3.90. The highest BCUT2D eigenvalue weighted by Crippen LogP contribution is 2.24. The van der Waals surface area contributed by atoms with Crippen LogP contribution in [0.4, 0.5) is 4.39 Å². The summed E-state index contributed by atoms with van der Waals surface area (Å²) in [5, 5.41) is 0. The Labute approximate surface area is 165 Å². The van der Waals surface area contributed by atoms with Gasteiger partial charge in [-0.15, -0.1) is 0 Å². The number of hydrogen-bond donors (Lipinski definition) is 0. The maximum absolute atomic E-state index is 12.9. The van der Waals surface area contributed by atoms with E-state index in [4.69, 9.17) is 0 Å². The summed E-state index contributed by atoms with van der Waals surface area (Å²) in [6.45, 7) is 5.31. The summed E-state index contributed by atoms with van der Waals surface area (Å²) < 4.78 is 15.2. The van der Waals surface area contributed by atoms with E-state index in [0.29, 0.717) is 13.1 Å². The lowest BCUT2D eigenvalue weighted by Crippen LogP contribution is -2.45. The largest absolute Gasteiger partial charge is 0.337 e. The number of aryl methyl sites for hydroxylation is 1. The Morgan fingerprint density at radius 1 is 1.04 bits per heavy atom. The van der Waals surface area contributed by atoms with E-state index in [2.05, 4.69) is 35.5 Å². The molecule has 1 saturated heterocycles. The molecule has 1 aliphatic heterocycles. The number of carbonyl (C=O) groups excluding carboxylic acids is 1. The summed E-state index contributed by atoms with van der Waals surface area (Å²) in [6.07, 6.45) is 5.60. The first kappa shape index (κ1) is 19.6. The molecule has 1 fully saturated rings. The molecule has 1 amide bonds. The van der Waals surface area contributed by atoms with E-state index in [9.17, 15) is 9.18 Å². The Morgan fingerprint density at radius 2 is 1.70 bits per heavy atom. The maximum Gasteiger partial charge on any atom is 0.246 e. The summed E-state index contributed by atoms with van der Waals surface area (Å²) in [4.78, 5) is 15.4. The maximum atomic E-state index is 12.9. The second kappa shape index (κ2) is 9.72. The van der Waals surface area contributed by atoms with E-state index in [1.54, 1.807) is 36.2 Å². The third-order valence-corrected chi connectivity index (χ3v) is 5.64. The van der Waals surface area contributed by atoms with Crippen LogP contribution in [0.15, 0.2) is 59.5 Å². The Bertz CT molecular complexity index is 766. The first-order valence-electron chi connectivity index (χ1n) is 9.38. The van der Waals surface area contributed by atoms with Crippen molar-refractivity contribution in [2.75, 3.05) is 26.2 Å². The molecule has 0 unspecified atom stereocenters. The molecule has 0 aliphatic carbocycles. The number of halogens is 1. The second-order valence-electron chi connectivity index (χ2n) is 6.62. The normalized spacial score (nSPS) is 15.4. The molecule has 3 rings (SSSR count). The van der Waals surface area contributed by atoms with Crippen LogP contribution in [0, 0.1) is 5.82 Å². The number of nitrogens with zero attached hydrogens (tertiary/aromatic N) is 2. The Balaban J connectivity index is 1.46. The lowest BCUT2D eigenvalue weighted by atomic mass is 10.1. The van der Waals surface area contributed by atoms with Gasteiger partial charge < -0.3 is 4.90 Å². The Kier molecular flexibility index (Phi) is 7.07. The van der Waals surface area contributed by atoms with E-state index >= 15 is 0 Å². The molecule has 0 atom stereocenters. The fraction of sp³-hybridized carbons (Fsp3) is 0.318. The van der Waals surface area contributed by atoms with Crippen LogP contribution in [0.2, 0.25) is 0 Å². The van der Waals surface area contributed by atoms with Crippen LogP contribution in [-0.4, -0.2) is 41.3 Å². The van der Waals surface area contributed by atoms with Crippen molar-refractivity contribution < 1.29 is 9.18 Å². The van der Waals surface area contributed by atoms with E-state index in [1.165, 1.54) is 22.6 Å². The Hall–Kier alpha value is -2.11. The van der Waals surface area contributed by atoms with Gasteiger partial charge in [-0.1, -0.05) is 37.6 Å². The van der Waals surface area contributed by atoms with E-state index < -0.39 is 0 Å². The van der Waals surface area contributed by atoms with Crippen LogP contribution in [0.5, 0.6) is 0 Å². The summed E-state index contributed by atoms with van der Waals surface area (Å²) in [5.41, 5.74) is 2.20. The van der Waals surface area contributed by atoms with Gasteiger partial charge in [-0.2, -0.15) is 0 Å². The molecule has 0 saturated carbocycles. The van der Waals surface area contributed by atoms with Crippen LogP contribution in [0.3, 0.4) is 0 Å². The SMILES string of the molecule is CCCc1ccc(SN2CCN(C(=O)/C=C/c3ccc(F)cc3)CC2)cc1. The average Bonchev–Trinajstić information content (AvgIpc) is 2.70. The third-order valence-electron chi connectivity index (χ3n) is 4.54. The van der Waals surface area contributed by atoms with Crippen LogP contribution in [-0.2, 0) is 11.2 Å². The van der Waals surface area contributed by atoms with Crippen molar-refractivity contribution in [3.63, 3.8) is 0 Å². The number of carbonyl (C=O) groups is 1. The zero-order valence-electron chi connectivity index (χ0n) is 15.6. The van der Waals surface area contributed by atoms with E-state index in [1.807, 2.05) is 4.90 Å². The van der Waals surface area contributed by atoms with Crippen molar-refractivity contribution in [1.29, 1.82) is 0 Å². The molecule has 2 aromatic carbocycles. The smallest absolute Gasteiger partial charge is 0.246 e. The molecule has 0 aromatic heterocycles. The van der Waals surface area contributed by atoms with Crippen molar-refractivity contribution in [2.24, 2.45) is 0 Å². The van der Waals surface area contributed by atoms with Gasteiger partial charge in [-0.25, -0.2) is 8.70 Å². The Morgan fingerprint density at radius 3 is 2.33 bits per heavy atom. The molecule has 1 heterocycles. The summed E-state index contributed by atoms with van der Waals surface area (Å²) in [7, 11) is 0. The highest BCUT2D eigenvalue weighted by molar-refractivity contribution is 7.97. The van der Waals surface area contributed by atoms with Crippen LogP contribution in [0.1, 0.15) is 24.5 Å². The summed E-state index contributed by atoms with van der Waals surface area (Å²) in [6, 6.07) is 14.9. The minimum absolute atomic E-state index is 0.00731. The molecule has 0 bridgehead atoms. The quantitative estimate of drug-likeness (QED) is 0.535. The van der Waals surface area contributed by atoms with Gasteiger partial charge in [0.1, 0.15) is 5.82 Å². The predicted molar refractivity (Wildman–Crippen MR) is 110 cm³/mol. The summed E-state index contributed by atoms with van der Waals surface area (Å²) >= 11 is 1.76. The van der Waals surface area contributed by atoms with Gasteiger partial charge in [-0.3, -0.25) is 4.79 Å². The van der Waals surface area contributed by atoms with Crippen LogP contribution >= 0.6 is 11.9 Å². The monoisotopic (exact) mass is 384 g/mol. The van der Waals surface area contributed by atoms with Gasteiger partial charge in [0, 0.05) is 37.2 Å². The molecule has 2 aromatic rings. The topological polar surface area (TPSA) is 23.6 Å². The lowest BCUT2D eigenvalue weighted by molar-refractivity contribution is -0.127. The highest BCUT2D eigenvalue weighted by Gasteiger charge is 2.20. The van der Waals surface area contributed by atoms with Crippen molar-refractivity contribution in [3.05, 3.63) is 71.6 Å². The first-order chi connectivity index (χ1) is 13.1. The minimum Gasteiger partial charge on any atom is -0.337 e. The third kappa shape index (κ3) is 5.94. The second-order valence-corrected chi connectivity index (χ2v) is 7.79. The number of rotatable bonds is 6. The first-order valence-corrected chi connectivity index (χ1v) is 10.2. The molecule has 3 nitrogen and oxygen atoms in total. The molecular formula is C22H25FN2OS. The molecule has 0 N–H and O–H groups in total.